The Morgan fingerprint density at radius 1 is 1.88 bits per heavy atom. The highest BCUT2D eigenvalue weighted by Crippen LogP contribution is 2.03. The number of hydrogen-bond donors (Lipinski definition) is 1. The van der Waals surface area contributed by atoms with Crippen LogP contribution in [0.1, 0.15) is 19.8 Å². The Bertz CT molecular complexity index is 86.1. The summed E-state index contributed by atoms with van der Waals surface area (Å²) in [7, 11) is 0. The minimum atomic E-state index is -2.28. The first-order chi connectivity index (χ1) is 3.68. The van der Waals surface area contributed by atoms with Crippen molar-refractivity contribution >= 4 is 11.1 Å². The third-order valence-electron chi connectivity index (χ3n) is 0.734. The van der Waals surface area contributed by atoms with E-state index < -0.39 is 16.6 Å². The van der Waals surface area contributed by atoms with Crippen LogP contribution in [0.5, 0.6) is 0 Å². The maximum absolute atomic E-state index is 12.0. The highest BCUT2D eigenvalue weighted by atomic mass is 32.2. The lowest BCUT2D eigenvalue weighted by Gasteiger charge is -1.97. The van der Waals surface area contributed by atoms with Crippen LogP contribution < -0.4 is 0 Å². The summed E-state index contributed by atoms with van der Waals surface area (Å²) in [6.45, 7) is 1.76. The maximum Gasteiger partial charge on any atom is 0.200 e. The Labute approximate surface area is 50.4 Å². The maximum atomic E-state index is 12.0. The van der Waals surface area contributed by atoms with Crippen LogP contribution in [0, 0.1) is 0 Å². The molecule has 4 heteroatoms. The summed E-state index contributed by atoms with van der Waals surface area (Å²) in [5, 5.41) is 0. The van der Waals surface area contributed by atoms with E-state index in [1.807, 2.05) is 0 Å². The van der Waals surface area contributed by atoms with Gasteiger partial charge in [0.15, 0.2) is 16.6 Å². The summed E-state index contributed by atoms with van der Waals surface area (Å²) in [4.78, 5) is 0. The van der Waals surface area contributed by atoms with Crippen molar-refractivity contribution in [2.75, 3.05) is 0 Å². The van der Waals surface area contributed by atoms with Crippen LogP contribution >= 0.6 is 0 Å². The Hall–Kier alpha value is 0.0400. The molecule has 2 atom stereocenters. The van der Waals surface area contributed by atoms with E-state index in [2.05, 4.69) is 0 Å². The molecule has 2 nitrogen and oxygen atoms in total. The predicted octanol–water partition coefficient (Wildman–Crippen LogP) is 1.30. The fraction of sp³-hybridized carbons (Fsp3) is 1.00. The van der Waals surface area contributed by atoms with Gasteiger partial charge in [0, 0.05) is 0 Å². The molecule has 0 amide bonds. The summed E-state index contributed by atoms with van der Waals surface area (Å²) in [6.07, 6.45) is 0.774. The van der Waals surface area contributed by atoms with Gasteiger partial charge in [-0.1, -0.05) is 13.3 Å². The minimum Gasteiger partial charge on any atom is -0.304 e. The Kier molecular flexibility index (Phi) is 3.99. The lowest BCUT2D eigenvalue weighted by molar-refractivity contribution is 0.387. The summed E-state index contributed by atoms with van der Waals surface area (Å²) in [5.41, 5.74) is -1.56. The molecule has 0 aliphatic carbocycles. The topological polar surface area (TPSA) is 37.3 Å². The van der Waals surface area contributed by atoms with E-state index in [0.29, 0.717) is 6.42 Å². The molecule has 0 aliphatic heterocycles. The minimum absolute atomic E-state index is 0.170. The molecular formula is C4H9FO2S. The van der Waals surface area contributed by atoms with E-state index in [1.54, 1.807) is 6.92 Å². The number of hydrogen-bond acceptors (Lipinski definition) is 1. The summed E-state index contributed by atoms with van der Waals surface area (Å²) in [5.74, 6) is 0. The molecule has 0 rings (SSSR count). The van der Waals surface area contributed by atoms with E-state index in [4.69, 9.17) is 4.55 Å². The second-order valence-electron chi connectivity index (χ2n) is 1.47. The number of rotatable bonds is 3. The van der Waals surface area contributed by atoms with Crippen molar-refractivity contribution in [3.63, 3.8) is 0 Å². The van der Waals surface area contributed by atoms with Crippen molar-refractivity contribution in [2.45, 2.75) is 25.3 Å². The average Bonchev–Trinajstić information content (AvgIpc) is 1.67. The highest BCUT2D eigenvalue weighted by molar-refractivity contribution is 7.79. The van der Waals surface area contributed by atoms with Crippen LogP contribution in [0.4, 0.5) is 4.39 Å². The zero-order valence-corrected chi connectivity index (χ0v) is 5.45. The van der Waals surface area contributed by atoms with Gasteiger partial charge in [0.2, 0.25) is 0 Å². The van der Waals surface area contributed by atoms with Gasteiger partial charge in [-0.05, 0) is 6.42 Å². The molecule has 0 aliphatic rings. The second kappa shape index (κ2) is 3.97. The molecule has 50 valence electrons. The van der Waals surface area contributed by atoms with Crippen LogP contribution in [0.15, 0.2) is 0 Å². The smallest absolute Gasteiger partial charge is 0.200 e. The van der Waals surface area contributed by atoms with E-state index in [9.17, 15) is 8.60 Å². The van der Waals surface area contributed by atoms with Gasteiger partial charge in [0.25, 0.3) is 0 Å². The van der Waals surface area contributed by atoms with Gasteiger partial charge in [-0.2, -0.15) is 0 Å². The first-order valence-corrected chi connectivity index (χ1v) is 3.59. The fourth-order valence-corrected chi connectivity index (χ4v) is 0.765. The Balaban J connectivity index is 3.32. The predicted molar refractivity (Wildman–Crippen MR) is 30.6 cm³/mol. The fourth-order valence-electron chi connectivity index (χ4n) is 0.328. The van der Waals surface area contributed by atoms with Gasteiger partial charge >= 0.3 is 0 Å². The van der Waals surface area contributed by atoms with E-state index in [0.717, 1.165) is 0 Å². The molecule has 0 aromatic heterocycles. The SMILES string of the molecule is CCCC(F)S(=O)O. The van der Waals surface area contributed by atoms with Gasteiger partial charge < -0.3 is 4.55 Å². The van der Waals surface area contributed by atoms with Crippen molar-refractivity contribution < 1.29 is 13.2 Å². The monoisotopic (exact) mass is 140 g/mol. The highest BCUT2D eigenvalue weighted by Gasteiger charge is 2.09. The summed E-state index contributed by atoms with van der Waals surface area (Å²) in [6, 6.07) is 0. The molecular weight excluding hydrogens is 131 g/mol. The van der Waals surface area contributed by atoms with Gasteiger partial charge in [-0.3, -0.25) is 0 Å². The van der Waals surface area contributed by atoms with Crippen molar-refractivity contribution in [3.8, 4) is 0 Å². The molecule has 0 aromatic rings. The summed E-state index contributed by atoms with van der Waals surface area (Å²) >= 11 is -2.28. The van der Waals surface area contributed by atoms with Crippen LogP contribution in [-0.4, -0.2) is 14.3 Å². The molecule has 0 fully saturated rings. The quantitative estimate of drug-likeness (QED) is 0.600. The number of alkyl halides is 1. The first-order valence-electron chi connectivity index (χ1n) is 2.42. The lowest BCUT2D eigenvalue weighted by atomic mass is 10.4. The molecule has 2 unspecified atom stereocenters. The molecule has 1 N–H and O–H groups in total. The van der Waals surface area contributed by atoms with Gasteiger partial charge in [0.1, 0.15) is 0 Å². The normalized spacial score (nSPS) is 17.9. The van der Waals surface area contributed by atoms with Crippen LogP contribution in [0.2, 0.25) is 0 Å². The zero-order valence-electron chi connectivity index (χ0n) is 4.63. The summed E-state index contributed by atoms with van der Waals surface area (Å²) < 4.78 is 29.9. The van der Waals surface area contributed by atoms with E-state index >= 15 is 0 Å². The standard InChI is InChI=1S/C4H9FO2S/c1-2-3-4(5)8(6)7/h4H,2-3H2,1H3,(H,6,7). The second-order valence-corrected chi connectivity index (χ2v) is 2.54. The third-order valence-corrected chi connectivity index (χ3v) is 1.41. The molecule has 0 spiro atoms. The first kappa shape index (κ1) is 8.04. The Morgan fingerprint density at radius 2 is 2.38 bits per heavy atom. The molecule has 8 heavy (non-hydrogen) atoms. The van der Waals surface area contributed by atoms with Crippen molar-refractivity contribution in [1.82, 2.24) is 0 Å². The van der Waals surface area contributed by atoms with Crippen LogP contribution in [0.3, 0.4) is 0 Å². The molecule has 0 bridgehead atoms. The van der Waals surface area contributed by atoms with Crippen LogP contribution in [0.25, 0.3) is 0 Å². The lowest BCUT2D eigenvalue weighted by Crippen LogP contribution is -2.06. The van der Waals surface area contributed by atoms with Gasteiger partial charge in [-0.25, -0.2) is 8.60 Å². The van der Waals surface area contributed by atoms with Gasteiger partial charge in [-0.15, -0.1) is 0 Å². The van der Waals surface area contributed by atoms with Gasteiger partial charge in [0.05, 0.1) is 0 Å². The van der Waals surface area contributed by atoms with Crippen molar-refractivity contribution in [1.29, 1.82) is 0 Å². The molecule has 0 saturated carbocycles. The molecule has 0 aromatic carbocycles. The Morgan fingerprint density at radius 3 is 2.50 bits per heavy atom. The van der Waals surface area contributed by atoms with Crippen molar-refractivity contribution in [3.05, 3.63) is 0 Å². The van der Waals surface area contributed by atoms with E-state index in [-0.39, 0.29) is 6.42 Å². The molecule has 0 saturated heterocycles. The van der Waals surface area contributed by atoms with E-state index in [1.165, 1.54) is 0 Å². The molecule has 0 heterocycles. The zero-order chi connectivity index (χ0) is 6.57. The molecule has 0 radical (unpaired) electrons. The van der Waals surface area contributed by atoms with Crippen molar-refractivity contribution in [2.24, 2.45) is 0 Å². The van der Waals surface area contributed by atoms with Crippen LogP contribution in [-0.2, 0) is 11.1 Å². The largest absolute Gasteiger partial charge is 0.304 e. The third kappa shape index (κ3) is 3.10. The average molecular weight is 140 g/mol. The number of halogens is 1.